The van der Waals surface area contributed by atoms with E-state index in [1.54, 1.807) is 6.92 Å². The third kappa shape index (κ3) is 4.92. The van der Waals surface area contributed by atoms with Crippen LogP contribution in [0.4, 0.5) is 5.69 Å². The van der Waals surface area contributed by atoms with Gasteiger partial charge in [-0.1, -0.05) is 6.92 Å². The van der Waals surface area contributed by atoms with Crippen LogP contribution in [-0.4, -0.2) is 42.3 Å². The predicted octanol–water partition coefficient (Wildman–Crippen LogP) is 1.44. The van der Waals surface area contributed by atoms with Crippen molar-refractivity contribution < 1.29 is 24.3 Å². The highest BCUT2D eigenvalue weighted by Crippen LogP contribution is 2.31. The highest BCUT2D eigenvalue weighted by atomic mass is 16.6. The minimum atomic E-state index is -0.986. The summed E-state index contributed by atoms with van der Waals surface area (Å²) in [6.45, 7) is 2.35. The van der Waals surface area contributed by atoms with Crippen LogP contribution in [0.15, 0.2) is 18.2 Å². The maximum absolute atomic E-state index is 11.0. The number of carbonyl (C=O) groups is 1. The topological polar surface area (TPSA) is 111 Å². The van der Waals surface area contributed by atoms with Crippen LogP contribution in [-0.2, 0) is 4.79 Å². The highest BCUT2D eigenvalue weighted by molar-refractivity contribution is 5.73. The van der Waals surface area contributed by atoms with Crippen LogP contribution >= 0.6 is 0 Å². The molecule has 0 aliphatic carbocycles. The van der Waals surface area contributed by atoms with Gasteiger partial charge in [0.25, 0.3) is 0 Å². The van der Waals surface area contributed by atoms with Crippen LogP contribution in [0.1, 0.15) is 13.3 Å². The Morgan fingerprint density at radius 1 is 1.52 bits per heavy atom. The monoisotopic (exact) mass is 298 g/mol. The molecule has 1 unspecified atom stereocenters. The van der Waals surface area contributed by atoms with Gasteiger partial charge in [0.2, 0.25) is 5.75 Å². The summed E-state index contributed by atoms with van der Waals surface area (Å²) in [6, 6.07) is 3.40. The number of likely N-dealkylation sites (N-methyl/N-ethyl adjacent to an activating group) is 1. The number of nitrogens with zero attached hydrogens (tertiary/aromatic N) is 1. The molecule has 2 N–H and O–H groups in total. The minimum absolute atomic E-state index is 0.0397. The molecule has 8 heteroatoms. The van der Waals surface area contributed by atoms with Crippen molar-refractivity contribution in [1.82, 2.24) is 5.32 Å². The number of nitro groups is 1. The minimum Gasteiger partial charge on any atom is -0.497 e. The Hall–Kier alpha value is -2.35. The molecule has 21 heavy (non-hydrogen) atoms. The Labute approximate surface area is 121 Å². The molecule has 0 aromatic heterocycles. The number of rotatable bonds is 9. The molecule has 0 radical (unpaired) electrons. The van der Waals surface area contributed by atoms with Gasteiger partial charge in [0.1, 0.15) is 11.8 Å². The van der Waals surface area contributed by atoms with E-state index in [9.17, 15) is 14.9 Å². The molecular formula is C13H18N2O6. The Kier molecular flexibility index (Phi) is 6.41. The van der Waals surface area contributed by atoms with Gasteiger partial charge in [-0.15, -0.1) is 0 Å². The SMILES string of the molecule is CCNC(CCOc1cc(OC)ccc1[N+](=O)[O-])C(=O)O. The summed E-state index contributed by atoms with van der Waals surface area (Å²) < 4.78 is 10.3. The lowest BCUT2D eigenvalue weighted by atomic mass is 10.2. The second kappa shape index (κ2) is 8.05. The molecule has 0 spiro atoms. The number of hydrogen-bond donors (Lipinski definition) is 2. The lowest BCUT2D eigenvalue weighted by molar-refractivity contribution is -0.385. The zero-order chi connectivity index (χ0) is 15.8. The number of benzene rings is 1. The third-order valence-electron chi connectivity index (χ3n) is 2.78. The third-order valence-corrected chi connectivity index (χ3v) is 2.78. The molecule has 0 saturated carbocycles. The van der Waals surface area contributed by atoms with E-state index >= 15 is 0 Å². The molecule has 0 aliphatic heterocycles. The molecule has 1 rings (SSSR count). The molecule has 116 valence electrons. The van der Waals surface area contributed by atoms with Crippen LogP contribution in [0, 0.1) is 10.1 Å². The smallest absolute Gasteiger partial charge is 0.320 e. The lowest BCUT2D eigenvalue weighted by Crippen LogP contribution is -2.37. The molecule has 1 aromatic carbocycles. The van der Waals surface area contributed by atoms with E-state index in [2.05, 4.69) is 5.32 Å². The summed E-state index contributed by atoms with van der Waals surface area (Å²) in [5.74, 6) is -0.502. The van der Waals surface area contributed by atoms with E-state index in [1.165, 1.54) is 25.3 Å². The summed E-state index contributed by atoms with van der Waals surface area (Å²) >= 11 is 0. The van der Waals surface area contributed by atoms with E-state index in [4.69, 9.17) is 14.6 Å². The van der Waals surface area contributed by atoms with Gasteiger partial charge >= 0.3 is 11.7 Å². The van der Waals surface area contributed by atoms with Crippen LogP contribution in [0.25, 0.3) is 0 Å². The van der Waals surface area contributed by atoms with Crippen molar-refractivity contribution in [1.29, 1.82) is 0 Å². The molecule has 8 nitrogen and oxygen atoms in total. The van der Waals surface area contributed by atoms with Crippen LogP contribution in [0.2, 0.25) is 0 Å². The average Bonchev–Trinajstić information content (AvgIpc) is 2.45. The quantitative estimate of drug-likeness (QED) is 0.524. The Balaban J connectivity index is 2.73. The fourth-order valence-corrected chi connectivity index (χ4v) is 1.73. The summed E-state index contributed by atoms with van der Waals surface area (Å²) in [5.41, 5.74) is -0.189. The number of ether oxygens (including phenoxy) is 2. The normalized spacial score (nSPS) is 11.7. The van der Waals surface area contributed by atoms with Crippen molar-refractivity contribution in [3.05, 3.63) is 28.3 Å². The van der Waals surface area contributed by atoms with Crippen molar-refractivity contribution in [2.45, 2.75) is 19.4 Å². The van der Waals surface area contributed by atoms with Crippen molar-refractivity contribution >= 4 is 11.7 Å². The number of carboxylic acids is 1. The highest BCUT2D eigenvalue weighted by Gasteiger charge is 2.19. The summed E-state index contributed by atoms with van der Waals surface area (Å²) in [4.78, 5) is 21.3. The maximum atomic E-state index is 11.0. The first-order valence-electron chi connectivity index (χ1n) is 6.41. The van der Waals surface area contributed by atoms with Gasteiger partial charge in [0, 0.05) is 18.6 Å². The molecule has 0 fully saturated rings. The number of methoxy groups -OCH3 is 1. The van der Waals surface area contributed by atoms with E-state index in [0.29, 0.717) is 12.3 Å². The maximum Gasteiger partial charge on any atom is 0.320 e. The second-order valence-electron chi connectivity index (χ2n) is 4.18. The van der Waals surface area contributed by atoms with Gasteiger partial charge in [-0.2, -0.15) is 0 Å². The van der Waals surface area contributed by atoms with E-state index < -0.39 is 16.9 Å². The van der Waals surface area contributed by atoms with Crippen molar-refractivity contribution in [3.63, 3.8) is 0 Å². The number of nitrogens with one attached hydrogen (secondary N) is 1. The summed E-state index contributed by atoms with van der Waals surface area (Å²) in [7, 11) is 1.44. The lowest BCUT2D eigenvalue weighted by Gasteiger charge is -2.14. The van der Waals surface area contributed by atoms with Crippen molar-refractivity contribution in [2.75, 3.05) is 20.3 Å². The van der Waals surface area contributed by atoms with E-state index in [-0.39, 0.29) is 24.5 Å². The predicted molar refractivity (Wildman–Crippen MR) is 74.9 cm³/mol. The standard InChI is InChI=1S/C13H18N2O6/c1-3-14-10(13(16)17)6-7-21-12-8-9(20-2)4-5-11(12)15(18)19/h4-5,8,10,14H,3,6-7H2,1-2H3,(H,16,17). The molecule has 0 saturated heterocycles. The first-order valence-corrected chi connectivity index (χ1v) is 6.41. The molecule has 1 atom stereocenters. The first kappa shape index (κ1) is 16.7. The van der Waals surface area contributed by atoms with Crippen molar-refractivity contribution in [3.8, 4) is 11.5 Å². The van der Waals surface area contributed by atoms with Gasteiger partial charge in [-0.05, 0) is 12.6 Å². The molecule has 0 bridgehead atoms. The van der Waals surface area contributed by atoms with Gasteiger partial charge < -0.3 is 19.9 Å². The number of carboxylic acid groups (broad SMARTS) is 1. The van der Waals surface area contributed by atoms with Gasteiger partial charge in [-0.25, -0.2) is 0 Å². The van der Waals surface area contributed by atoms with Gasteiger partial charge in [-0.3, -0.25) is 14.9 Å². The molecule has 0 aliphatic rings. The number of hydrogen-bond acceptors (Lipinski definition) is 6. The molecule has 1 aromatic rings. The van der Waals surface area contributed by atoms with Gasteiger partial charge in [0.05, 0.1) is 18.6 Å². The van der Waals surface area contributed by atoms with Crippen LogP contribution in [0.3, 0.4) is 0 Å². The van der Waals surface area contributed by atoms with Crippen LogP contribution in [0.5, 0.6) is 11.5 Å². The summed E-state index contributed by atoms with van der Waals surface area (Å²) in [5, 5.41) is 22.7. The fourth-order valence-electron chi connectivity index (χ4n) is 1.73. The largest absolute Gasteiger partial charge is 0.497 e. The molecule has 0 heterocycles. The van der Waals surface area contributed by atoms with E-state index in [0.717, 1.165) is 0 Å². The van der Waals surface area contributed by atoms with Crippen LogP contribution < -0.4 is 14.8 Å². The fraction of sp³-hybridized carbons (Fsp3) is 0.462. The summed E-state index contributed by atoms with van der Waals surface area (Å²) in [6.07, 6.45) is 0.192. The van der Waals surface area contributed by atoms with E-state index in [1.807, 2.05) is 0 Å². The first-order chi connectivity index (χ1) is 9.99. The number of aliphatic carboxylic acids is 1. The zero-order valence-corrected chi connectivity index (χ0v) is 11.9. The Morgan fingerprint density at radius 3 is 2.76 bits per heavy atom. The Bertz CT molecular complexity index is 505. The zero-order valence-electron chi connectivity index (χ0n) is 11.9. The molecular weight excluding hydrogens is 280 g/mol. The number of nitro benzene ring substituents is 1. The van der Waals surface area contributed by atoms with Crippen molar-refractivity contribution in [2.24, 2.45) is 0 Å². The Morgan fingerprint density at radius 2 is 2.24 bits per heavy atom. The average molecular weight is 298 g/mol. The second-order valence-corrected chi connectivity index (χ2v) is 4.18. The van der Waals surface area contributed by atoms with Gasteiger partial charge in [0.15, 0.2) is 0 Å². The molecule has 0 amide bonds.